The van der Waals surface area contributed by atoms with Gasteiger partial charge in [-0.3, -0.25) is 30.0 Å². The molecule has 16 nitrogen and oxygen atoms in total. The molecule has 2 fully saturated rings. The summed E-state index contributed by atoms with van der Waals surface area (Å²) in [5.74, 6) is 0.377. The lowest BCUT2D eigenvalue weighted by Gasteiger charge is -2.25. The maximum absolute atomic E-state index is 11.5. The molecule has 2 aliphatic heterocycles. The summed E-state index contributed by atoms with van der Waals surface area (Å²) in [7, 11) is 0. The number of ether oxygens (including phenoxy) is 5. The second kappa shape index (κ2) is 20.1. The minimum absolute atomic E-state index is 0.0666. The average Bonchev–Trinajstić information content (AvgIpc) is 2.99. The fraction of sp³-hybridized carbons (Fsp3) is 0.462. The standard InChI is InChI=1S/C13H16N2O6.C7H4ClNO4.C6H13NO2/c16-13(20-10-7-14-5-8-19-9-6-14)21-12-3-1-11(2-4-12)15(17)18;8-7(10)13-6-3-1-5(2-4-6)9(11)12;8-4-1-7-2-5-9-6-3-7/h1-4H,5-10H2;1-4H;8H,1-6H2. The summed E-state index contributed by atoms with van der Waals surface area (Å²) < 4.78 is 24.6. The van der Waals surface area contributed by atoms with E-state index in [0.29, 0.717) is 19.8 Å². The number of carbonyl (C=O) groups is 2. The Kier molecular flexibility index (Phi) is 16.5. The summed E-state index contributed by atoms with van der Waals surface area (Å²) in [5.41, 5.74) is -1.12. The van der Waals surface area contributed by atoms with Crippen LogP contribution in [0.3, 0.4) is 0 Å². The molecule has 0 radical (unpaired) electrons. The van der Waals surface area contributed by atoms with E-state index >= 15 is 0 Å². The van der Waals surface area contributed by atoms with Gasteiger partial charge in [0.25, 0.3) is 11.4 Å². The van der Waals surface area contributed by atoms with Crippen molar-refractivity contribution in [3.8, 4) is 11.5 Å². The minimum Gasteiger partial charge on any atom is -0.433 e. The van der Waals surface area contributed by atoms with Crippen molar-refractivity contribution in [2.24, 2.45) is 0 Å². The van der Waals surface area contributed by atoms with Gasteiger partial charge in [0.1, 0.15) is 18.1 Å². The molecule has 236 valence electrons. The summed E-state index contributed by atoms with van der Waals surface area (Å²) in [6, 6.07) is 10.2. The molecule has 2 aromatic carbocycles. The van der Waals surface area contributed by atoms with Gasteiger partial charge in [-0.25, -0.2) is 9.59 Å². The molecule has 2 aliphatic rings. The van der Waals surface area contributed by atoms with Gasteiger partial charge in [0.05, 0.1) is 42.9 Å². The van der Waals surface area contributed by atoms with Crippen molar-refractivity contribution in [1.82, 2.24) is 9.80 Å². The molecular formula is C26H33ClN4O12. The van der Waals surface area contributed by atoms with Gasteiger partial charge in [0, 0.05) is 75.1 Å². The highest BCUT2D eigenvalue weighted by Crippen LogP contribution is 2.18. The van der Waals surface area contributed by atoms with Gasteiger partial charge in [-0.05, 0) is 24.3 Å². The Morgan fingerprint density at radius 2 is 1.19 bits per heavy atom. The van der Waals surface area contributed by atoms with E-state index in [1.807, 2.05) is 0 Å². The van der Waals surface area contributed by atoms with Gasteiger partial charge in [0.15, 0.2) is 0 Å². The SMILES string of the molecule is O=C(Cl)Oc1ccc([N+](=O)[O-])cc1.O=C(OCCN1CCOCC1)Oc1ccc([N+](=O)[O-])cc1.OCCN1CCOCC1. The zero-order chi connectivity index (χ0) is 31.5. The molecule has 0 aromatic heterocycles. The molecule has 2 saturated heterocycles. The molecule has 1 N–H and O–H groups in total. The molecule has 2 heterocycles. The molecule has 17 heteroatoms. The summed E-state index contributed by atoms with van der Waals surface area (Å²) >= 11 is 4.92. The number of hydrogen-bond donors (Lipinski definition) is 1. The van der Waals surface area contributed by atoms with Gasteiger partial charge in [-0.2, -0.15) is 0 Å². The predicted octanol–water partition coefficient (Wildman–Crippen LogP) is 3.09. The van der Waals surface area contributed by atoms with E-state index in [9.17, 15) is 29.8 Å². The van der Waals surface area contributed by atoms with Crippen LogP contribution in [0.15, 0.2) is 48.5 Å². The van der Waals surface area contributed by atoms with Crippen LogP contribution in [0.1, 0.15) is 0 Å². The van der Waals surface area contributed by atoms with Gasteiger partial charge in [-0.15, -0.1) is 0 Å². The van der Waals surface area contributed by atoms with Crippen molar-refractivity contribution in [3.63, 3.8) is 0 Å². The molecule has 0 saturated carbocycles. The Bertz CT molecular complexity index is 1140. The molecule has 2 aromatic rings. The molecular weight excluding hydrogens is 596 g/mol. The number of nitro benzene ring substituents is 2. The third kappa shape index (κ3) is 15.2. The Hall–Kier alpha value is -3.93. The van der Waals surface area contributed by atoms with Crippen LogP contribution >= 0.6 is 11.6 Å². The molecule has 4 rings (SSSR count). The van der Waals surface area contributed by atoms with Crippen LogP contribution in [0.2, 0.25) is 0 Å². The van der Waals surface area contributed by atoms with E-state index in [0.717, 1.165) is 45.9 Å². The van der Waals surface area contributed by atoms with Crippen molar-refractivity contribution in [3.05, 3.63) is 68.8 Å². The van der Waals surface area contributed by atoms with Crippen molar-refractivity contribution in [1.29, 1.82) is 0 Å². The Morgan fingerprint density at radius 1 is 0.767 bits per heavy atom. The fourth-order valence-corrected chi connectivity index (χ4v) is 3.63. The van der Waals surface area contributed by atoms with Crippen molar-refractivity contribution in [2.75, 3.05) is 78.9 Å². The van der Waals surface area contributed by atoms with Crippen LogP contribution in [-0.2, 0) is 14.2 Å². The first kappa shape index (κ1) is 35.3. The summed E-state index contributed by atoms with van der Waals surface area (Å²) in [4.78, 5) is 45.6. The normalized spacial score (nSPS) is 15.0. The van der Waals surface area contributed by atoms with Crippen LogP contribution < -0.4 is 9.47 Å². The summed E-state index contributed by atoms with van der Waals surface area (Å²) in [6.07, 6.45) is -0.822. The van der Waals surface area contributed by atoms with Crippen LogP contribution in [0, 0.1) is 20.2 Å². The molecule has 0 spiro atoms. The van der Waals surface area contributed by atoms with Crippen LogP contribution in [-0.4, -0.2) is 115 Å². The maximum Gasteiger partial charge on any atom is 0.513 e. The number of aliphatic hydroxyl groups is 1. The monoisotopic (exact) mass is 628 g/mol. The zero-order valence-corrected chi connectivity index (χ0v) is 24.0. The number of nitrogens with zero attached hydrogens (tertiary/aromatic N) is 4. The first-order chi connectivity index (χ1) is 20.7. The Labute approximate surface area is 251 Å². The topological polar surface area (TPSA) is 193 Å². The third-order valence-electron chi connectivity index (χ3n) is 5.75. The Morgan fingerprint density at radius 3 is 1.58 bits per heavy atom. The van der Waals surface area contributed by atoms with Crippen LogP contribution in [0.25, 0.3) is 0 Å². The largest absolute Gasteiger partial charge is 0.513 e. The van der Waals surface area contributed by atoms with Gasteiger partial charge in [0.2, 0.25) is 0 Å². The number of hydrogen-bond acceptors (Lipinski definition) is 14. The van der Waals surface area contributed by atoms with E-state index < -0.39 is 21.4 Å². The quantitative estimate of drug-likeness (QED) is 0.140. The first-order valence-electron chi connectivity index (χ1n) is 13.1. The summed E-state index contributed by atoms with van der Waals surface area (Å²) in [5, 5.41) is 29.2. The lowest BCUT2D eigenvalue weighted by Crippen LogP contribution is -2.38. The van der Waals surface area contributed by atoms with Crippen LogP contribution in [0.5, 0.6) is 11.5 Å². The predicted molar refractivity (Wildman–Crippen MR) is 152 cm³/mol. The first-order valence-corrected chi connectivity index (χ1v) is 13.5. The molecule has 43 heavy (non-hydrogen) atoms. The third-order valence-corrected chi connectivity index (χ3v) is 5.82. The minimum atomic E-state index is -0.978. The van der Waals surface area contributed by atoms with Gasteiger partial charge in [-0.1, -0.05) is 0 Å². The second-order valence-electron chi connectivity index (χ2n) is 8.67. The van der Waals surface area contributed by atoms with Gasteiger partial charge < -0.3 is 28.8 Å². The van der Waals surface area contributed by atoms with E-state index in [2.05, 4.69) is 14.5 Å². The van der Waals surface area contributed by atoms with E-state index in [-0.39, 0.29) is 36.1 Å². The number of β-amino-alcohol motifs (C(OH)–C–C–N with tert-alkyl or cyclic N) is 1. The van der Waals surface area contributed by atoms with Crippen molar-refractivity contribution in [2.45, 2.75) is 0 Å². The number of carbonyl (C=O) groups excluding carboxylic acids is 2. The second-order valence-corrected chi connectivity index (χ2v) is 8.98. The highest BCUT2D eigenvalue weighted by atomic mass is 35.5. The molecule has 0 amide bonds. The number of morpholine rings is 2. The number of aliphatic hydroxyl groups excluding tert-OH is 1. The van der Waals surface area contributed by atoms with Gasteiger partial charge >= 0.3 is 11.6 Å². The van der Waals surface area contributed by atoms with E-state index in [4.69, 9.17) is 35.7 Å². The van der Waals surface area contributed by atoms with Crippen molar-refractivity contribution >= 4 is 34.6 Å². The average molecular weight is 629 g/mol. The molecule has 0 atom stereocenters. The lowest BCUT2D eigenvalue weighted by molar-refractivity contribution is -0.385. The number of benzene rings is 2. The Balaban J connectivity index is 0.000000249. The maximum atomic E-state index is 11.5. The number of nitro groups is 2. The fourth-order valence-electron chi connectivity index (χ4n) is 3.54. The highest BCUT2D eigenvalue weighted by molar-refractivity contribution is 6.61. The summed E-state index contributed by atoms with van der Waals surface area (Å²) in [6.45, 7) is 8.51. The number of halogens is 1. The van der Waals surface area contributed by atoms with Crippen molar-refractivity contribution < 1.29 is 48.2 Å². The molecule has 0 aliphatic carbocycles. The van der Waals surface area contributed by atoms with E-state index in [1.165, 1.54) is 48.5 Å². The zero-order valence-electron chi connectivity index (χ0n) is 23.2. The molecule has 0 unspecified atom stereocenters. The smallest absolute Gasteiger partial charge is 0.433 e. The number of non-ortho nitro benzene ring substituents is 2. The van der Waals surface area contributed by atoms with Crippen LogP contribution in [0.4, 0.5) is 21.0 Å². The number of rotatable bonds is 9. The molecule has 0 bridgehead atoms. The highest BCUT2D eigenvalue weighted by Gasteiger charge is 2.13. The van der Waals surface area contributed by atoms with E-state index in [1.54, 1.807) is 0 Å². The lowest BCUT2D eigenvalue weighted by atomic mass is 10.3.